The molecule has 0 bridgehead atoms. The average molecular weight is 418 g/mol. The molecule has 11 heteroatoms. The Morgan fingerprint density at radius 3 is 2.54 bits per heavy atom. The van der Waals surface area contributed by atoms with E-state index in [-0.39, 0.29) is 30.4 Å². The lowest BCUT2D eigenvalue weighted by Gasteiger charge is -2.35. The van der Waals surface area contributed by atoms with E-state index in [4.69, 9.17) is 4.74 Å². The third-order valence-corrected chi connectivity index (χ3v) is 5.28. The van der Waals surface area contributed by atoms with Crippen molar-refractivity contribution >= 4 is 22.4 Å². The van der Waals surface area contributed by atoms with Crippen molar-refractivity contribution in [3.8, 4) is 5.75 Å². The molecule has 150 valence electrons. The smallest absolute Gasteiger partial charge is 0.405 e. The van der Waals surface area contributed by atoms with E-state index in [0.717, 1.165) is 0 Å². The van der Waals surface area contributed by atoms with E-state index in [9.17, 15) is 21.6 Å². The van der Waals surface area contributed by atoms with Crippen molar-refractivity contribution < 1.29 is 26.3 Å². The Labute approximate surface area is 157 Å². The lowest BCUT2D eigenvalue weighted by Crippen LogP contribution is -2.57. The van der Waals surface area contributed by atoms with Crippen molar-refractivity contribution in [2.75, 3.05) is 39.3 Å². The summed E-state index contributed by atoms with van der Waals surface area (Å²) in [5.41, 5.74) is 0. The van der Waals surface area contributed by atoms with Crippen LogP contribution in [-0.4, -0.2) is 64.9 Å². The van der Waals surface area contributed by atoms with Gasteiger partial charge in [-0.2, -0.15) is 13.2 Å². The molecule has 1 saturated heterocycles. The summed E-state index contributed by atoms with van der Waals surface area (Å²) in [4.78, 5) is 1.12. The third-order valence-electron chi connectivity index (χ3n) is 3.86. The summed E-state index contributed by atoms with van der Waals surface area (Å²) < 4.78 is 72.0. The zero-order chi connectivity index (χ0) is 18.5. The second-order valence-electron chi connectivity index (χ2n) is 5.60. The highest BCUT2D eigenvalue weighted by Crippen LogP contribution is 2.25. The van der Waals surface area contributed by atoms with Gasteiger partial charge in [-0.15, -0.1) is 12.4 Å². The first-order valence-corrected chi connectivity index (χ1v) is 9.46. The summed E-state index contributed by atoms with van der Waals surface area (Å²) >= 11 is 0. The number of sulfonamides is 1. The first-order valence-electron chi connectivity index (χ1n) is 7.98. The Bertz CT molecular complexity index is 668. The first-order chi connectivity index (χ1) is 11.7. The number of nitrogens with zero attached hydrogens (tertiary/aromatic N) is 1. The molecule has 1 heterocycles. The number of nitrogens with one attached hydrogen (secondary N) is 2. The molecule has 0 aliphatic carbocycles. The van der Waals surface area contributed by atoms with E-state index in [1.807, 2.05) is 0 Å². The van der Waals surface area contributed by atoms with Crippen LogP contribution < -0.4 is 14.8 Å². The van der Waals surface area contributed by atoms with Crippen LogP contribution in [0.25, 0.3) is 0 Å². The van der Waals surface area contributed by atoms with Crippen LogP contribution in [0.3, 0.4) is 0 Å². The number of hydrogen-bond acceptors (Lipinski definition) is 5. The minimum atomic E-state index is -4.52. The van der Waals surface area contributed by atoms with Crippen molar-refractivity contribution in [3.05, 3.63) is 24.3 Å². The summed E-state index contributed by atoms with van der Waals surface area (Å²) in [5, 5.41) is 2.98. The van der Waals surface area contributed by atoms with Crippen LogP contribution in [0.5, 0.6) is 5.75 Å². The number of benzene rings is 1. The molecule has 0 radical (unpaired) electrons. The van der Waals surface area contributed by atoms with Crippen molar-refractivity contribution in [2.24, 2.45) is 0 Å². The van der Waals surface area contributed by atoms with E-state index in [1.54, 1.807) is 13.0 Å². The first kappa shape index (κ1) is 23.0. The van der Waals surface area contributed by atoms with Crippen LogP contribution in [0.2, 0.25) is 0 Å². The van der Waals surface area contributed by atoms with Crippen LogP contribution in [0.1, 0.15) is 6.92 Å². The van der Waals surface area contributed by atoms with E-state index in [2.05, 4.69) is 10.0 Å². The second-order valence-corrected chi connectivity index (χ2v) is 7.37. The minimum Gasteiger partial charge on any atom is -0.494 e. The minimum absolute atomic E-state index is 0. The van der Waals surface area contributed by atoms with Crippen molar-refractivity contribution in [3.63, 3.8) is 0 Å². The molecule has 0 saturated carbocycles. The lowest BCUT2D eigenvalue weighted by molar-refractivity contribution is -0.182. The molecule has 0 spiro atoms. The summed E-state index contributed by atoms with van der Waals surface area (Å²) in [5.74, 6) is 0.347. The van der Waals surface area contributed by atoms with Crippen molar-refractivity contribution in [2.45, 2.75) is 24.0 Å². The van der Waals surface area contributed by atoms with Gasteiger partial charge in [0, 0.05) is 38.8 Å². The predicted molar refractivity (Wildman–Crippen MR) is 94.3 cm³/mol. The van der Waals surface area contributed by atoms with Crippen molar-refractivity contribution in [1.29, 1.82) is 0 Å². The monoisotopic (exact) mass is 417 g/mol. The summed E-state index contributed by atoms with van der Waals surface area (Å²) in [6.45, 7) is 2.69. The fourth-order valence-electron chi connectivity index (χ4n) is 2.62. The molecule has 2 N–H and O–H groups in total. The number of halogens is 4. The number of alkyl halides is 3. The molecular weight excluding hydrogens is 395 g/mol. The Morgan fingerprint density at radius 1 is 1.31 bits per heavy atom. The van der Waals surface area contributed by atoms with Gasteiger partial charge in [0.25, 0.3) is 0 Å². The van der Waals surface area contributed by atoms with Gasteiger partial charge in [-0.05, 0) is 19.1 Å². The van der Waals surface area contributed by atoms with Crippen LogP contribution in [0, 0.1) is 0 Å². The summed E-state index contributed by atoms with van der Waals surface area (Å²) in [7, 11) is -4.07. The van der Waals surface area contributed by atoms with E-state index >= 15 is 0 Å². The van der Waals surface area contributed by atoms with Gasteiger partial charge in [0.05, 0.1) is 11.5 Å². The molecule has 1 fully saturated rings. The zero-order valence-corrected chi connectivity index (χ0v) is 15.9. The molecule has 26 heavy (non-hydrogen) atoms. The van der Waals surface area contributed by atoms with E-state index in [1.165, 1.54) is 23.1 Å². The maximum Gasteiger partial charge on any atom is 0.405 e. The molecule has 1 aliphatic heterocycles. The maximum absolute atomic E-state index is 13.3. The van der Waals surface area contributed by atoms with Crippen LogP contribution in [-0.2, 0) is 10.0 Å². The lowest BCUT2D eigenvalue weighted by atomic mass is 10.2. The second kappa shape index (κ2) is 9.75. The topological polar surface area (TPSA) is 70.7 Å². The largest absolute Gasteiger partial charge is 0.494 e. The fourth-order valence-corrected chi connectivity index (χ4v) is 3.69. The number of hydrogen-bond donors (Lipinski definition) is 2. The Balaban J connectivity index is 0.00000338. The number of rotatable bonds is 7. The molecule has 1 aromatic rings. The molecular formula is C15H23ClF3N3O3S. The highest BCUT2D eigenvalue weighted by atomic mass is 35.5. The molecule has 1 atom stereocenters. The standard InChI is InChI=1S/C15H22F3N3O3S.ClH/c1-2-24-12-4-3-5-13(10-12)25(22,23)20-11-14(15(16,17)18)21-8-6-19-7-9-21;/h3-5,10,14,19-20H,2,6-9,11H2,1H3;1H. The molecule has 6 nitrogen and oxygen atoms in total. The van der Waals surface area contributed by atoms with E-state index < -0.39 is 28.8 Å². The quantitative estimate of drug-likeness (QED) is 0.705. The number of ether oxygens (including phenoxy) is 1. The van der Waals surface area contributed by atoms with Gasteiger partial charge in [-0.3, -0.25) is 4.90 Å². The number of piperazine rings is 1. The molecule has 1 aliphatic rings. The molecule has 2 rings (SSSR count). The third kappa shape index (κ3) is 6.27. The van der Waals surface area contributed by atoms with Gasteiger partial charge < -0.3 is 10.1 Å². The van der Waals surface area contributed by atoms with Gasteiger partial charge >= 0.3 is 6.18 Å². The van der Waals surface area contributed by atoms with Gasteiger partial charge in [-0.1, -0.05) is 6.07 Å². The molecule has 0 amide bonds. The van der Waals surface area contributed by atoms with Crippen LogP contribution in [0.4, 0.5) is 13.2 Å². The SMILES string of the molecule is CCOc1cccc(S(=O)(=O)NCC(N2CCNCC2)C(F)(F)F)c1.Cl. The van der Waals surface area contributed by atoms with E-state index in [0.29, 0.717) is 25.4 Å². The molecule has 0 aromatic heterocycles. The highest BCUT2D eigenvalue weighted by Gasteiger charge is 2.44. The zero-order valence-electron chi connectivity index (χ0n) is 14.3. The summed E-state index contributed by atoms with van der Waals surface area (Å²) in [6.07, 6.45) is -4.52. The Kier molecular flexibility index (Phi) is 8.61. The maximum atomic E-state index is 13.3. The van der Waals surface area contributed by atoms with Gasteiger partial charge in [0.15, 0.2) is 0 Å². The fraction of sp³-hybridized carbons (Fsp3) is 0.600. The van der Waals surface area contributed by atoms with Gasteiger partial charge in [0.2, 0.25) is 10.0 Å². The van der Waals surface area contributed by atoms with Crippen LogP contribution in [0.15, 0.2) is 29.2 Å². The Morgan fingerprint density at radius 2 is 1.96 bits per heavy atom. The van der Waals surface area contributed by atoms with Crippen LogP contribution >= 0.6 is 12.4 Å². The summed E-state index contributed by atoms with van der Waals surface area (Å²) in [6, 6.07) is 3.82. The Hall–Kier alpha value is -1.07. The normalized spacial score (nSPS) is 17.4. The predicted octanol–water partition coefficient (Wildman–Crippen LogP) is 1.62. The van der Waals surface area contributed by atoms with Crippen molar-refractivity contribution in [1.82, 2.24) is 14.9 Å². The van der Waals surface area contributed by atoms with Gasteiger partial charge in [0.1, 0.15) is 11.8 Å². The highest BCUT2D eigenvalue weighted by molar-refractivity contribution is 7.89. The average Bonchev–Trinajstić information content (AvgIpc) is 2.55. The van der Waals surface area contributed by atoms with Gasteiger partial charge in [-0.25, -0.2) is 13.1 Å². The molecule has 1 aromatic carbocycles. The molecule has 1 unspecified atom stereocenters.